The van der Waals surface area contributed by atoms with E-state index in [9.17, 15) is 9.59 Å². The number of hydrogen-bond donors (Lipinski definition) is 2. The zero-order valence-corrected chi connectivity index (χ0v) is 14.3. The standard InChI is InChI=1S/C17H18BrN3O2/c1-21(11-13-7-5-6-10-15(13)18)12-16(22)20-17(23)19-14-8-3-2-4-9-14/h2-10H,11-12H2,1H3,(H2,19,20,22,23). The summed E-state index contributed by atoms with van der Waals surface area (Å²) in [6.45, 7) is 0.735. The first kappa shape index (κ1) is 17.2. The maximum atomic E-state index is 11.9. The normalized spacial score (nSPS) is 10.4. The van der Waals surface area contributed by atoms with Gasteiger partial charge in [0.2, 0.25) is 5.91 Å². The van der Waals surface area contributed by atoms with E-state index in [1.807, 2.05) is 54.4 Å². The number of benzene rings is 2. The first-order chi connectivity index (χ1) is 11.0. The maximum Gasteiger partial charge on any atom is 0.325 e. The van der Waals surface area contributed by atoms with E-state index in [-0.39, 0.29) is 12.5 Å². The second kappa shape index (κ2) is 8.45. The molecule has 0 unspecified atom stereocenters. The highest BCUT2D eigenvalue weighted by atomic mass is 79.9. The molecule has 2 aromatic carbocycles. The van der Waals surface area contributed by atoms with Crippen LogP contribution in [0, 0.1) is 0 Å². The Kier molecular flexibility index (Phi) is 6.31. The molecule has 23 heavy (non-hydrogen) atoms. The van der Waals surface area contributed by atoms with Gasteiger partial charge in [0, 0.05) is 16.7 Å². The van der Waals surface area contributed by atoms with Gasteiger partial charge in [-0.3, -0.25) is 15.0 Å². The van der Waals surface area contributed by atoms with Crippen LogP contribution in [0.3, 0.4) is 0 Å². The van der Waals surface area contributed by atoms with Gasteiger partial charge in [-0.05, 0) is 30.8 Å². The molecular formula is C17H18BrN3O2. The molecule has 120 valence electrons. The predicted molar refractivity (Wildman–Crippen MR) is 94.1 cm³/mol. The Bertz CT molecular complexity index is 677. The van der Waals surface area contributed by atoms with E-state index in [0.717, 1.165) is 10.0 Å². The van der Waals surface area contributed by atoms with Crippen LogP contribution in [0.2, 0.25) is 0 Å². The smallest absolute Gasteiger partial charge is 0.308 e. The van der Waals surface area contributed by atoms with Gasteiger partial charge >= 0.3 is 6.03 Å². The number of imide groups is 1. The lowest BCUT2D eigenvalue weighted by Crippen LogP contribution is -2.40. The monoisotopic (exact) mass is 375 g/mol. The van der Waals surface area contributed by atoms with Crippen molar-refractivity contribution in [1.82, 2.24) is 10.2 Å². The SMILES string of the molecule is CN(CC(=O)NC(=O)Nc1ccccc1)Cc1ccccc1Br. The van der Waals surface area contributed by atoms with Crippen molar-refractivity contribution in [2.75, 3.05) is 18.9 Å². The van der Waals surface area contributed by atoms with Crippen LogP contribution < -0.4 is 10.6 Å². The fraction of sp³-hybridized carbons (Fsp3) is 0.176. The van der Waals surface area contributed by atoms with E-state index in [1.54, 1.807) is 12.1 Å². The van der Waals surface area contributed by atoms with Crippen LogP contribution in [-0.4, -0.2) is 30.4 Å². The number of amides is 3. The summed E-state index contributed by atoms with van der Waals surface area (Å²) in [7, 11) is 1.83. The zero-order chi connectivity index (χ0) is 16.7. The van der Waals surface area contributed by atoms with E-state index < -0.39 is 6.03 Å². The van der Waals surface area contributed by atoms with Crippen molar-refractivity contribution in [3.05, 3.63) is 64.6 Å². The van der Waals surface area contributed by atoms with Crippen LogP contribution >= 0.6 is 15.9 Å². The number of nitrogens with zero attached hydrogens (tertiary/aromatic N) is 1. The Morgan fingerprint density at radius 1 is 1.04 bits per heavy atom. The van der Waals surface area contributed by atoms with Crippen LogP contribution in [-0.2, 0) is 11.3 Å². The molecule has 0 saturated heterocycles. The number of halogens is 1. The summed E-state index contributed by atoms with van der Waals surface area (Å²) >= 11 is 3.48. The van der Waals surface area contributed by atoms with Crippen molar-refractivity contribution in [1.29, 1.82) is 0 Å². The fourth-order valence-electron chi connectivity index (χ4n) is 2.07. The molecule has 0 aromatic heterocycles. The van der Waals surface area contributed by atoms with Gasteiger partial charge in [-0.15, -0.1) is 0 Å². The molecule has 0 saturated carbocycles. The molecule has 0 aliphatic rings. The number of anilines is 1. The summed E-state index contributed by atoms with van der Waals surface area (Å²) in [4.78, 5) is 25.5. The minimum Gasteiger partial charge on any atom is -0.308 e. The van der Waals surface area contributed by atoms with Gasteiger partial charge in [0.25, 0.3) is 0 Å². The highest BCUT2D eigenvalue weighted by molar-refractivity contribution is 9.10. The number of rotatable bonds is 5. The second-order valence-corrected chi connectivity index (χ2v) is 5.99. The number of nitrogens with one attached hydrogen (secondary N) is 2. The first-order valence-electron chi connectivity index (χ1n) is 7.12. The molecule has 0 bridgehead atoms. The molecule has 0 spiro atoms. The summed E-state index contributed by atoms with van der Waals surface area (Å²) in [6.07, 6.45) is 0. The lowest BCUT2D eigenvalue weighted by atomic mass is 10.2. The predicted octanol–water partition coefficient (Wildman–Crippen LogP) is 3.23. The van der Waals surface area contributed by atoms with Crippen LogP contribution in [0.15, 0.2) is 59.1 Å². The number of likely N-dealkylation sites (N-methyl/N-ethyl adjacent to an activating group) is 1. The number of carbonyl (C=O) groups is 2. The van der Waals surface area contributed by atoms with Gasteiger partial charge in [-0.2, -0.15) is 0 Å². The third-order valence-corrected chi connectivity index (χ3v) is 3.87. The fourth-order valence-corrected chi connectivity index (χ4v) is 2.48. The van der Waals surface area contributed by atoms with E-state index >= 15 is 0 Å². The Morgan fingerprint density at radius 3 is 2.39 bits per heavy atom. The highest BCUT2D eigenvalue weighted by Crippen LogP contribution is 2.17. The topological polar surface area (TPSA) is 61.4 Å². The lowest BCUT2D eigenvalue weighted by molar-refractivity contribution is -0.120. The molecule has 2 N–H and O–H groups in total. The van der Waals surface area contributed by atoms with Gasteiger partial charge in [-0.1, -0.05) is 52.3 Å². The van der Waals surface area contributed by atoms with Crippen molar-refractivity contribution in [2.24, 2.45) is 0 Å². The molecule has 0 radical (unpaired) electrons. The summed E-state index contributed by atoms with van der Waals surface area (Å²) in [5, 5.41) is 4.93. The molecule has 0 aliphatic carbocycles. The summed E-state index contributed by atoms with van der Waals surface area (Å²) < 4.78 is 0.995. The van der Waals surface area contributed by atoms with Crippen molar-refractivity contribution < 1.29 is 9.59 Å². The molecule has 0 heterocycles. The average molecular weight is 376 g/mol. The Labute approximate surface area is 143 Å². The van der Waals surface area contributed by atoms with Gasteiger partial charge in [0.05, 0.1) is 6.54 Å². The van der Waals surface area contributed by atoms with Gasteiger partial charge in [-0.25, -0.2) is 4.79 Å². The maximum absolute atomic E-state index is 11.9. The number of hydrogen-bond acceptors (Lipinski definition) is 3. The van der Waals surface area contributed by atoms with Crippen LogP contribution in [0.1, 0.15) is 5.56 Å². The molecule has 0 fully saturated rings. The average Bonchev–Trinajstić information content (AvgIpc) is 2.50. The van der Waals surface area contributed by atoms with Crippen LogP contribution in [0.25, 0.3) is 0 Å². The minimum atomic E-state index is -0.532. The number of para-hydroxylation sites is 1. The van der Waals surface area contributed by atoms with Crippen LogP contribution in [0.4, 0.5) is 10.5 Å². The third-order valence-electron chi connectivity index (χ3n) is 3.10. The Hall–Kier alpha value is -2.18. The second-order valence-electron chi connectivity index (χ2n) is 5.13. The minimum absolute atomic E-state index is 0.129. The number of urea groups is 1. The van der Waals surface area contributed by atoms with Crippen molar-refractivity contribution >= 4 is 33.6 Å². The van der Waals surface area contributed by atoms with E-state index in [0.29, 0.717) is 12.2 Å². The molecule has 0 atom stereocenters. The molecule has 2 rings (SSSR count). The van der Waals surface area contributed by atoms with Crippen molar-refractivity contribution in [3.63, 3.8) is 0 Å². The van der Waals surface area contributed by atoms with Crippen molar-refractivity contribution in [3.8, 4) is 0 Å². The summed E-state index contributed by atoms with van der Waals surface area (Å²) in [5.41, 5.74) is 1.72. The molecule has 5 nitrogen and oxygen atoms in total. The zero-order valence-electron chi connectivity index (χ0n) is 12.8. The number of carbonyl (C=O) groups excluding carboxylic acids is 2. The summed E-state index contributed by atoms with van der Waals surface area (Å²) in [5.74, 6) is -0.354. The van der Waals surface area contributed by atoms with Gasteiger partial charge < -0.3 is 5.32 Å². The highest BCUT2D eigenvalue weighted by Gasteiger charge is 2.11. The van der Waals surface area contributed by atoms with Crippen molar-refractivity contribution in [2.45, 2.75) is 6.54 Å². The van der Waals surface area contributed by atoms with Crippen LogP contribution in [0.5, 0.6) is 0 Å². The summed E-state index contributed by atoms with van der Waals surface area (Å²) in [6, 6.07) is 16.3. The molecule has 3 amide bonds. The molecule has 6 heteroatoms. The molecule has 2 aromatic rings. The Balaban J connectivity index is 1.80. The van der Waals surface area contributed by atoms with E-state index in [1.165, 1.54) is 0 Å². The third kappa shape index (κ3) is 5.84. The van der Waals surface area contributed by atoms with Gasteiger partial charge in [0.1, 0.15) is 0 Å². The van der Waals surface area contributed by atoms with E-state index in [4.69, 9.17) is 0 Å². The first-order valence-corrected chi connectivity index (χ1v) is 7.92. The van der Waals surface area contributed by atoms with E-state index in [2.05, 4.69) is 26.6 Å². The Morgan fingerprint density at radius 2 is 1.70 bits per heavy atom. The quantitative estimate of drug-likeness (QED) is 0.843. The molecule has 0 aliphatic heterocycles. The lowest BCUT2D eigenvalue weighted by Gasteiger charge is -2.17. The van der Waals surface area contributed by atoms with Gasteiger partial charge in [0.15, 0.2) is 0 Å². The molecular weight excluding hydrogens is 358 g/mol. The largest absolute Gasteiger partial charge is 0.325 e.